The molecule has 0 aromatic heterocycles. The van der Waals surface area contributed by atoms with Gasteiger partial charge in [-0.25, -0.2) is 0 Å². The van der Waals surface area contributed by atoms with Crippen molar-refractivity contribution in [2.45, 2.75) is 13.3 Å². The summed E-state index contributed by atoms with van der Waals surface area (Å²) in [4.78, 5) is 12.1. The number of para-hydroxylation sites is 1. The molecule has 0 atom stereocenters. The van der Waals surface area contributed by atoms with Crippen molar-refractivity contribution >= 4 is 23.2 Å². The molecule has 0 saturated heterocycles. The van der Waals surface area contributed by atoms with Crippen LogP contribution < -0.4 is 10.1 Å². The van der Waals surface area contributed by atoms with Crippen LogP contribution in [0.25, 0.3) is 0 Å². The number of carbonyl (C=O) groups excluding carboxylic acids is 1. The number of hydrogen-bond donors (Lipinski definition) is 1. The van der Waals surface area contributed by atoms with Crippen LogP contribution in [0.15, 0.2) is 48.5 Å². The minimum Gasteiger partial charge on any atom is -0.494 e. The summed E-state index contributed by atoms with van der Waals surface area (Å²) in [6.45, 7) is 2.72. The highest BCUT2D eigenvalue weighted by Gasteiger charge is 2.08. The highest BCUT2D eigenvalue weighted by Crippen LogP contribution is 2.21. The monoisotopic (exact) mass is 289 g/mol. The van der Waals surface area contributed by atoms with Crippen molar-refractivity contribution in [2.75, 3.05) is 11.9 Å². The summed E-state index contributed by atoms with van der Waals surface area (Å²) in [5.41, 5.74) is 1.17. The lowest BCUT2D eigenvalue weighted by Gasteiger charge is -2.08. The minimum atomic E-state index is -0.194. The Hall–Kier alpha value is -2.00. The Kier molecular flexibility index (Phi) is 5.02. The van der Waals surface area contributed by atoms with Gasteiger partial charge in [-0.05, 0) is 42.8 Å². The van der Waals surface area contributed by atoms with Gasteiger partial charge in [-0.1, -0.05) is 30.7 Å². The van der Waals surface area contributed by atoms with Crippen molar-refractivity contribution < 1.29 is 9.53 Å². The lowest BCUT2D eigenvalue weighted by molar-refractivity contribution is 0.102. The molecule has 0 saturated carbocycles. The summed E-state index contributed by atoms with van der Waals surface area (Å²) < 4.78 is 5.47. The molecule has 0 radical (unpaired) electrons. The molecular formula is C16H16ClNO2. The number of benzene rings is 2. The van der Waals surface area contributed by atoms with E-state index in [0.29, 0.717) is 22.9 Å². The van der Waals surface area contributed by atoms with E-state index in [4.69, 9.17) is 16.3 Å². The Bertz CT molecular complexity index is 581. The predicted octanol–water partition coefficient (Wildman–Crippen LogP) is 4.38. The molecule has 0 aliphatic heterocycles. The van der Waals surface area contributed by atoms with E-state index >= 15 is 0 Å². The van der Waals surface area contributed by atoms with Crippen LogP contribution in [0.1, 0.15) is 23.7 Å². The molecule has 0 aliphatic carbocycles. The van der Waals surface area contributed by atoms with E-state index in [2.05, 4.69) is 5.32 Å². The lowest BCUT2D eigenvalue weighted by Crippen LogP contribution is -2.12. The number of carbonyl (C=O) groups is 1. The third-order valence-electron chi connectivity index (χ3n) is 2.71. The van der Waals surface area contributed by atoms with Crippen molar-refractivity contribution in [3.8, 4) is 5.75 Å². The fourth-order valence-corrected chi connectivity index (χ4v) is 1.86. The summed E-state index contributed by atoms with van der Waals surface area (Å²) in [5, 5.41) is 3.29. The van der Waals surface area contributed by atoms with Crippen LogP contribution in [0.5, 0.6) is 5.75 Å². The molecule has 1 amide bonds. The quantitative estimate of drug-likeness (QED) is 0.887. The number of anilines is 1. The van der Waals surface area contributed by atoms with Crippen LogP contribution in [-0.2, 0) is 0 Å². The van der Waals surface area contributed by atoms with Crippen molar-refractivity contribution in [3.05, 3.63) is 59.1 Å². The molecule has 0 unspecified atom stereocenters. The average molecular weight is 290 g/mol. The van der Waals surface area contributed by atoms with E-state index in [-0.39, 0.29) is 5.91 Å². The van der Waals surface area contributed by atoms with Gasteiger partial charge in [0.25, 0.3) is 5.91 Å². The molecule has 0 bridgehead atoms. The third-order valence-corrected chi connectivity index (χ3v) is 3.04. The van der Waals surface area contributed by atoms with Gasteiger partial charge in [-0.2, -0.15) is 0 Å². The van der Waals surface area contributed by atoms with Gasteiger partial charge in [0.05, 0.1) is 17.3 Å². The zero-order valence-electron chi connectivity index (χ0n) is 11.2. The van der Waals surface area contributed by atoms with Crippen molar-refractivity contribution in [3.63, 3.8) is 0 Å². The second-order valence-electron chi connectivity index (χ2n) is 4.31. The van der Waals surface area contributed by atoms with Crippen LogP contribution in [0.2, 0.25) is 5.02 Å². The van der Waals surface area contributed by atoms with Gasteiger partial charge in [0, 0.05) is 5.56 Å². The summed E-state index contributed by atoms with van der Waals surface area (Å²) in [5.74, 6) is 0.571. The van der Waals surface area contributed by atoms with E-state index in [1.54, 1.807) is 36.4 Å². The lowest BCUT2D eigenvalue weighted by atomic mass is 10.2. The summed E-state index contributed by atoms with van der Waals surface area (Å²) in [6, 6.07) is 14.2. The molecular weight excluding hydrogens is 274 g/mol. The fourth-order valence-electron chi connectivity index (χ4n) is 1.68. The normalized spacial score (nSPS) is 10.1. The van der Waals surface area contributed by atoms with Gasteiger partial charge < -0.3 is 10.1 Å². The maximum absolute atomic E-state index is 12.1. The third kappa shape index (κ3) is 3.75. The number of rotatable bonds is 5. The van der Waals surface area contributed by atoms with Gasteiger partial charge >= 0.3 is 0 Å². The number of ether oxygens (including phenoxy) is 1. The maximum atomic E-state index is 12.1. The molecule has 104 valence electrons. The number of hydrogen-bond acceptors (Lipinski definition) is 2. The highest BCUT2D eigenvalue weighted by atomic mass is 35.5. The number of amides is 1. The largest absolute Gasteiger partial charge is 0.494 e. The van der Waals surface area contributed by atoms with E-state index in [9.17, 15) is 4.79 Å². The number of nitrogens with one attached hydrogen (secondary N) is 1. The zero-order chi connectivity index (χ0) is 14.4. The first-order valence-corrected chi connectivity index (χ1v) is 6.87. The van der Waals surface area contributed by atoms with Crippen LogP contribution in [0, 0.1) is 0 Å². The Morgan fingerprint density at radius 2 is 1.85 bits per heavy atom. The van der Waals surface area contributed by atoms with Gasteiger partial charge in [0.2, 0.25) is 0 Å². The van der Waals surface area contributed by atoms with Gasteiger partial charge in [-0.15, -0.1) is 0 Å². The second-order valence-corrected chi connectivity index (χ2v) is 4.71. The molecule has 2 rings (SSSR count). The Balaban J connectivity index is 2.04. The SMILES string of the molecule is CCCOc1ccc(C(=O)Nc2ccccc2Cl)cc1. The second kappa shape index (κ2) is 6.96. The van der Waals surface area contributed by atoms with E-state index < -0.39 is 0 Å². The summed E-state index contributed by atoms with van der Waals surface area (Å²) in [6.07, 6.45) is 0.953. The smallest absolute Gasteiger partial charge is 0.255 e. The van der Waals surface area contributed by atoms with Crippen LogP contribution in [0.4, 0.5) is 5.69 Å². The van der Waals surface area contributed by atoms with Gasteiger partial charge in [0.15, 0.2) is 0 Å². The first kappa shape index (κ1) is 14.4. The van der Waals surface area contributed by atoms with Crippen molar-refractivity contribution in [1.29, 1.82) is 0 Å². The molecule has 0 fully saturated rings. The van der Waals surface area contributed by atoms with Crippen molar-refractivity contribution in [2.24, 2.45) is 0 Å². The molecule has 3 nitrogen and oxygen atoms in total. The van der Waals surface area contributed by atoms with E-state index in [0.717, 1.165) is 12.2 Å². The number of halogens is 1. The maximum Gasteiger partial charge on any atom is 0.255 e. The average Bonchev–Trinajstić information content (AvgIpc) is 2.48. The van der Waals surface area contributed by atoms with Crippen molar-refractivity contribution in [1.82, 2.24) is 0 Å². The fraction of sp³-hybridized carbons (Fsp3) is 0.188. The van der Waals surface area contributed by atoms with Gasteiger partial charge in [-0.3, -0.25) is 4.79 Å². The topological polar surface area (TPSA) is 38.3 Å². The molecule has 20 heavy (non-hydrogen) atoms. The Morgan fingerprint density at radius 3 is 2.50 bits per heavy atom. The Labute approximate surface area is 123 Å². The van der Waals surface area contributed by atoms with Gasteiger partial charge in [0.1, 0.15) is 5.75 Å². The molecule has 2 aromatic carbocycles. The van der Waals surface area contributed by atoms with Crippen LogP contribution in [-0.4, -0.2) is 12.5 Å². The molecule has 4 heteroatoms. The minimum absolute atomic E-state index is 0.194. The Morgan fingerprint density at radius 1 is 1.15 bits per heavy atom. The zero-order valence-corrected chi connectivity index (χ0v) is 12.0. The van der Waals surface area contributed by atoms with E-state index in [1.165, 1.54) is 0 Å². The summed E-state index contributed by atoms with van der Waals surface area (Å²) in [7, 11) is 0. The standard InChI is InChI=1S/C16H16ClNO2/c1-2-11-20-13-9-7-12(8-10-13)16(19)18-15-6-4-3-5-14(15)17/h3-10H,2,11H2,1H3,(H,18,19). The first-order chi connectivity index (χ1) is 9.70. The molecule has 1 N–H and O–H groups in total. The van der Waals surface area contributed by atoms with E-state index in [1.807, 2.05) is 19.1 Å². The molecule has 0 aliphatic rings. The summed E-state index contributed by atoms with van der Waals surface area (Å²) >= 11 is 6.00. The molecule has 2 aromatic rings. The first-order valence-electron chi connectivity index (χ1n) is 6.49. The molecule has 0 heterocycles. The predicted molar refractivity (Wildman–Crippen MR) is 81.6 cm³/mol. The van der Waals surface area contributed by atoms with Crippen LogP contribution >= 0.6 is 11.6 Å². The van der Waals surface area contributed by atoms with Crippen LogP contribution in [0.3, 0.4) is 0 Å². The highest BCUT2D eigenvalue weighted by molar-refractivity contribution is 6.33. The molecule has 0 spiro atoms.